The molecule has 0 atom stereocenters. The van der Waals surface area contributed by atoms with Crippen molar-refractivity contribution in [2.75, 3.05) is 26.3 Å². The quantitative estimate of drug-likeness (QED) is 0.489. The van der Waals surface area contributed by atoms with Gasteiger partial charge in [0, 0.05) is 24.0 Å². The van der Waals surface area contributed by atoms with Gasteiger partial charge >= 0.3 is 5.97 Å². The number of para-hydroxylation sites is 1. The van der Waals surface area contributed by atoms with E-state index >= 15 is 0 Å². The predicted molar refractivity (Wildman–Crippen MR) is 122 cm³/mol. The molecule has 3 aromatic rings. The van der Waals surface area contributed by atoms with Crippen molar-refractivity contribution in [3.63, 3.8) is 0 Å². The van der Waals surface area contributed by atoms with Crippen LogP contribution in [-0.2, 0) is 9.53 Å². The second-order valence-electron chi connectivity index (χ2n) is 8.31. The second-order valence-corrected chi connectivity index (χ2v) is 8.31. The molecule has 168 valence electrons. The molecule has 1 amide bonds. The van der Waals surface area contributed by atoms with Crippen molar-refractivity contribution >= 4 is 22.8 Å². The van der Waals surface area contributed by atoms with E-state index in [1.807, 2.05) is 67.3 Å². The van der Waals surface area contributed by atoms with Crippen LogP contribution in [0, 0.1) is 12.3 Å². The number of amides is 1. The Morgan fingerprint density at radius 3 is 2.53 bits per heavy atom. The summed E-state index contributed by atoms with van der Waals surface area (Å²) in [6.07, 6.45) is 1.68. The fourth-order valence-corrected chi connectivity index (χ4v) is 4.35. The molecule has 1 aliphatic rings. The van der Waals surface area contributed by atoms with Gasteiger partial charge in [0.25, 0.3) is 5.91 Å². The monoisotopic (exact) mass is 435 g/mol. The molecule has 1 saturated heterocycles. The highest BCUT2D eigenvalue weighted by Gasteiger charge is 2.43. The van der Waals surface area contributed by atoms with Crippen molar-refractivity contribution in [2.24, 2.45) is 5.41 Å². The number of aryl methyl sites for hydroxylation is 1. The van der Waals surface area contributed by atoms with Gasteiger partial charge in [-0.3, -0.25) is 9.59 Å². The lowest BCUT2D eigenvalue weighted by atomic mass is 9.75. The van der Waals surface area contributed by atoms with E-state index < -0.39 is 5.41 Å². The molecular formula is C26H29NO5. The van der Waals surface area contributed by atoms with E-state index in [0.29, 0.717) is 51.1 Å². The molecule has 1 aromatic heterocycles. The van der Waals surface area contributed by atoms with E-state index in [1.165, 1.54) is 0 Å². The van der Waals surface area contributed by atoms with Crippen molar-refractivity contribution in [1.29, 1.82) is 0 Å². The zero-order valence-corrected chi connectivity index (χ0v) is 18.6. The first-order valence-electron chi connectivity index (χ1n) is 11.2. The molecule has 0 saturated carbocycles. The molecule has 2 aromatic carbocycles. The predicted octanol–water partition coefficient (Wildman–Crippen LogP) is 5.00. The van der Waals surface area contributed by atoms with Crippen LogP contribution in [0.3, 0.4) is 0 Å². The van der Waals surface area contributed by atoms with Crippen LogP contribution in [0.4, 0.5) is 0 Å². The highest BCUT2D eigenvalue weighted by Crippen LogP contribution is 2.37. The summed E-state index contributed by atoms with van der Waals surface area (Å²) < 4.78 is 16.9. The summed E-state index contributed by atoms with van der Waals surface area (Å²) in [6.45, 7) is 5.48. The Morgan fingerprint density at radius 2 is 1.81 bits per heavy atom. The summed E-state index contributed by atoms with van der Waals surface area (Å²) in [5.41, 5.74) is 0.777. The fourth-order valence-electron chi connectivity index (χ4n) is 4.35. The molecule has 1 fully saturated rings. The Bertz CT molecular complexity index is 1080. The van der Waals surface area contributed by atoms with Crippen LogP contribution in [0.2, 0.25) is 0 Å². The molecule has 6 heteroatoms. The number of hydrogen-bond acceptors (Lipinski definition) is 5. The molecule has 0 N–H and O–H groups in total. The number of benzene rings is 2. The van der Waals surface area contributed by atoms with E-state index in [9.17, 15) is 9.59 Å². The van der Waals surface area contributed by atoms with Gasteiger partial charge in [0.1, 0.15) is 17.1 Å². The molecule has 0 aliphatic carbocycles. The number of hydrogen-bond donors (Lipinski definition) is 0. The number of ether oxygens (including phenoxy) is 2. The first kappa shape index (κ1) is 21.9. The summed E-state index contributed by atoms with van der Waals surface area (Å²) in [7, 11) is 0. The summed E-state index contributed by atoms with van der Waals surface area (Å²) >= 11 is 0. The number of piperidine rings is 1. The average Bonchev–Trinajstić information content (AvgIpc) is 3.19. The van der Waals surface area contributed by atoms with Crippen molar-refractivity contribution in [2.45, 2.75) is 33.1 Å². The fraction of sp³-hybridized carbons (Fsp3) is 0.385. The summed E-state index contributed by atoms with van der Waals surface area (Å²) in [5.74, 6) is 1.38. The lowest BCUT2D eigenvalue weighted by molar-refractivity contribution is -0.159. The molecule has 0 bridgehead atoms. The van der Waals surface area contributed by atoms with Crippen LogP contribution in [-0.4, -0.2) is 43.1 Å². The number of fused-ring (bicyclic) bond motifs is 1. The molecule has 0 radical (unpaired) electrons. The highest BCUT2D eigenvalue weighted by molar-refractivity contribution is 5.98. The third kappa shape index (κ3) is 4.64. The van der Waals surface area contributed by atoms with Crippen molar-refractivity contribution in [3.8, 4) is 5.75 Å². The zero-order valence-electron chi connectivity index (χ0n) is 18.6. The third-order valence-electron chi connectivity index (χ3n) is 6.20. The van der Waals surface area contributed by atoms with Crippen molar-refractivity contribution in [1.82, 2.24) is 4.90 Å². The molecule has 1 aliphatic heterocycles. The van der Waals surface area contributed by atoms with Gasteiger partial charge in [-0.25, -0.2) is 0 Å². The minimum absolute atomic E-state index is 0.0243. The van der Waals surface area contributed by atoms with Gasteiger partial charge in [-0.15, -0.1) is 0 Å². The van der Waals surface area contributed by atoms with Gasteiger partial charge in [-0.2, -0.15) is 0 Å². The number of likely N-dealkylation sites (tertiary alicyclic amines) is 1. The third-order valence-corrected chi connectivity index (χ3v) is 6.20. The maximum atomic E-state index is 13.1. The zero-order chi connectivity index (χ0) is 22.6. The topological polar surface area (TPSA) is 69.0 Å². The summed E-state index contributed by atoms with van der Waals surface area (Å²) in [6, 6.07) is 17.0. The maximum absolute atomic E-state index is 13.1. The van der Waals surface area contributed by atoms with E-state index in [1.54, 1.807) is 6.07 Å². The SMILES string of the molecule is CCOC(=O)C1(CCOc2ccccc2)CCN(C(=O)c2ccc3oc(C)cc3c2)CC1. The van der Waals surface area contributed by atoms with Gasteiger partial charge in [-0.05, 0) is 69.5 Å². The van der Waals surface area contributed by atoms with Crippen LogP contribution in [0.15, 0.2) is 59.0 Å². The minimum Gasteiger partial charge on any atom is -0.494 e. The second kappa shape index (κ2) is 9.47. The number of rotatable bonds is 7. The number of furan rings is 1. The minimum atomic E-state index is -0.632. The van der Waals surface area contributed by atoms with Gasteiger partial charge in [0.15, 0.2) is 0 Å². The van der Waals surface area contributed by atoms with Gasteiger partial charge in [0.05, 0.1) is 18.6 Å². The first-order valence-corrected chi connectivity index (χ1v) is 11.2. The van der Waals surface area contributed by atoms with E-state index in [4.69, 9.17) is 13.9 Å². The van der Waals surface area contributed by atoms with Crippen LogP contribution < -0.4 is 4.74 Å². The maximum Gasteiger partial charge on any atom is 0.312 e. The molecule has 0 spiro atoms. The first-order chi connectivity index (χ1) is 15.5. The average molecular weight is 436 g/mol. The van der Waals surface area contributed by atoms with E-state index in [-0.39, 0.29) is 11.9 Å². The smallest absolute Gasteiger partial charge is 0.312 e. The van der Waals surface area contributed by atoms with Gasteiger partial charge in [0.2, 0.25) is 0 Å². The van der Waals surface area contributed by atoms with E-state index in [2.05, 4.69) is 0 Å². The lowest BCUT2D eigenvalue weighted by Crippen LogP contribution is -2.47. The Balaban J connectivity index is 1.42. The summed E-state index contributed by atoms with van der Waals surface area (Å²) in [4.78, 5) is 27.8. The number of esters is 1. The van der Waals surface area contributed by atoms with Crippen LogP contribution in [0.1, 0.15) is 42.3 Å². The van der Waals surface area contributed by atoms with Crippen molar-refractivity contribution < 1.29 is 23.5 Å². The Hall–Kier alpha value is -3.28. The van der Waals surface area contributed by atoms with Crippen LogP contribution in [0.5, 0.6) is 5.75 Å². The Morgan fingerprint density at radius 1 is 1.06 bits per heavy atom. The standard InChI is InChI=1S/C26H29NO5/c1-3-30-25(29)26(13-16-31-22-7-5-4-6-8-22)11-14-27(15-12-26)24(28)20-9-10-23-21(18-20)17-19(2)32-23/h4-10,17-18H,3,11-16H2,1-2H3. The number of nitrogens with zero attached hydrogens (tertiary/aromatic N) is 1. The summed E-state index contributed by atoms with van der Waals surface area (Å²) in [5, 5.41) is 0.921. The van der Waals surface area contributed by atoms with Gasteiger partial charge in [-0.1, -0.05) is 18.2 Å². The van der Waals surface area contributed by atoms with Crippen molar-refractivity contribution in [3.05, 3.63) is 65.9 Å². The number of carbonyl (C=O) groups is 2. The van der Waals surface area contributed by atoms with Crippen LogP contribution in [0.25, 0.3) is 11.0 Å². The van der Waals surface area contributed by atoms with Gasteiger partial charge < -0.3 is 18.8 Å². The highest BCUT2D eigenvalue weighted by atomic mass is 16.5. The van der Waals surface area contributed by atoms with Crippen LogP contribution >= 0.6 is 0 Å². The number of carbonyl (C=O) groups excluding carboxylic acids is 2. The molecule has 32 heavy (non-hydrogen) atoms. The largest absolute Gasteiger partial charge is 0.494 e. The van der Waals surface area contributed by atoms with E-state index in [0.717, 1.165) is 22.5 Å². The molecule has 6 nitrogen and oxygen atoms in total. The normalized spacial score (nSPS) is 15.5. The Labute approximate surface area is 188 Å². The molecule has 0 unspecified atom stereocenters. The Kier molecular flexibility index (Phi) is 6.49. The molecular weight excluding hydrogens is 406 g/mol. The molecule has 4 rings (SSSR count). The molecule has 2 heterocycles. The lowest BCUT2D eigenvalue weighted by Gasteiger charge is -2.40.